The lowest BCUT2D eigenvalue weighted by atomic mass is 10.2. The Balaban J connectivity index is 2.90. The molecule has 0 fully saturated rings. The van der Waals surface area contributed by atoms with Crippen molar-refractivity contribution in [1.29, 1.82) is 0 Å². The number of ether oxygens (including phenoxy) is 2. The van der Waals surface area contributed by atoms with E-state index in [4.69, 9.17) is 19.7 Å². The van der Waals surface area contributed by atoms with Gasteiger partial charge in [0.2, 0.25) is 10.0 Å². The van der Waals surface area contributed by atoms with E-state index in [0.717, 1.165) is 6.07 Å². The summed E-state index contributed by atoms with van der Waals surface area (Å²) < 4.78 is 36.4. The molecule has 0 amide bonds. The van der Waals surface area contributed by atoms with Gasteiger partial charge in [-0.2, -0.15) is 0 Å². The van der Waals surface area contributed by atoms with E-state index >= 15 is 0 Å². The molecule has 0 radical (unpaired) electrons. The zero-order chi connectivity index (χ0) is 15.9. The van der Waals surface area contributed by atoms with Crippen LogP contribution in [0.4, 0.5) is 0 Å². The summed E-state index contributed by atoms with van der Waals surface area (Å²) in [5.74, 6) is -1.19. The van der Waals surface area contributed by atoms with Crippen LogP contribution in [0.3, 0.4) is 0 Å². The van der Waals surface area contributed by atoms with Crippen molar-refractivity contribution in [2.75, 3.05) is 33.5 Å². The van der Waals surface area contributed by atoms with Crippen LogP contribution in [0.15, 0.2) is 23.1 Å². The van der Waals surface area contributed by atoms with E-state index in [9.17, 15) is 13.2 Å². The molecule has 0 aliphatic carbocycles. The number of carboxylic acids is 1. The predicted molar refractivity (Wildman–Crippen MR) is 73.0 cm³/mol. The third-order valence-corrected chi connectivity index (χ3v) is 3.96. The van der Waals surface area contributed by atoms with Gasteiger partial charge in [0.05, 0.1) is 32.5 Å². The number of hydrogen-bond acceptors (Lipinski definition) is 6. The summed E-state index contributed by atoms with van der Waals surface area (Å²) in [6.07, 6.45) is 0. The molecular formula is C12H17NO7S. The molecule has 1 aromatic rings. The van der Waals surface area contributed by atoms with E-state index in [2.05, 4.69) is 4.72 Å². The number of rotatable bonds is 9. The Morgan fingerprint density at radius 3 is 2.62 bits per heavy atom. The summed E-state index contributed by atoms with van der Waals surface area (Å²) in [6.45, 7) is 0.0320. The van der Waals surface area contributed by atoms with E-state index in [1.54, 1.807) is 0 Å². The predicted octanol–water partition coefficient (Wildman–Crippen LogP) is -0.319. The maximum atomic E-state index is 12.1. The molecule has 0 unspecified atom stereocenters. The average molecular weight is 319 g/mol. The maximum absolute atomic E-state index is 12.1. The molecule has 0 aliphatic rings. The van der Waals surface area contributed by atoms with Crippen molar-refractivity contribution in [2.24, 2.45) is 0 Å². The fraction of sp³-hybridized carbons (Fsp3) is 0.417. The first-order valence-corrected chi connectivity index (χ1v) is 7.50. The van der Waals surface area contributed by atoms with Crippen molar-refractivity contribution < 1.29 is 32.9 Å². The molecule has 0 spiro atoms. The Kier molecular flexibility index (Phi) is 6.56. The van der Waals surface area contributed by atoms with Gasteiger partial charge < -0.3 is 19.7 Å². The molecule has 0 aliphatic heterocycles. The minimum absolute atomic E-state index is 0.0111. The van der Waals surface area contributed by atoms with Gasteiger partial charge in [0.15, 0.2) is 0 Å². The van der Waals surface area contributed by atoms with Crippen LogP contribution in [0.2, 0.25) is 0 Å². The first-order chi connectivity index (χ1) is 9.92. The van der Waals surface area contributed by atoms with Crippen molar-refractivity contribution in [3.8, 4) is 5.75 Å². The standard InChI is InChI=1S/C12H17NO7S/c1-19-10-3-2-9(12(15)16)8-11(10)21(17,18)13-4-6-20-7-5-14/h2-3,8,13-14H,4-7H2,1H3,(H,15,16). The lowest BCUT2D eigenvalue weighted by Crippen LogP contribution is -2.28. The number of aliphatic hydroxyl groups is 1. The van der Waals surface area contributed by atoms with Crippen LogP contribution in [0.1, 0.15) is 10.4 Å². The number of benzene rings is 1. The number of methoxy groups -OCH3 is 1. The molecule has 8 nitrogen and oxygen atoms in total. The van der Waals surface area contributed by atoms with Crippen molar-refractivity contribution in [3.63, 3.8) is 0 Å². The summed E-state index contributed by atoms with van der Waals surface area (Å²) in [5.41, 5.74) is -0.160. The quantitative estimate of drug-likeness (QED) is 0.533. The summed E-state index contributed by atoms with van der Waals surface area (Å²) in [4.78, 5) is 10.7. The van der Waals surface area contributed by atoms with Crippen molar-refractivity contribution in [1.82, 2.24) is 4.72 Å². The third kappa shape index (κ3) is 4.97. The Hall–Kier alpha value is -1.68. The highest BCUT2D eigenvalue weighted by Gasteiger charge is 2.21. The number of nitrogens with one attached hydrogen (secondary N) is 1. The smallest absolute Gasteiger partial charge is 0.335 e. The fourth-order valence-corrected chi connectivity index (χ4v) is 2.72. The second-order valence-electron chi connectivity index (χ2n) is 3.90. The minimum Gasteiger partial charge on any atom is -0.495 e. The summed E-state index contributed by atoms with van der Waals surface area (Å²) in [7, 11) is -2.64. The summed E-state index contributed by atoms with van der Waals surface area (Å²) >= 11 is 0. The van der Waals surface area contributed by atoms with Gasteiger partial charge in [0.25, 0.3) is 0 Å². The van der Waals surface area contributed by atoms with Gasteiger partial charge in [-0.05, 0) is 18.2 Å². The fourth-order valence-electron chi connectivity index (χ4n) is 1.51. The Labute approximate surface area is 122 Å². The lowest BCUT2D eigenvalue weighted by Gasteiger charge is -2.11. The molecular weight excluding hydrogens is 302 g/mol. The molecule has 1 rings (SSSR count). The molecule has 0 saturated heterocycles. The largest absolute Gasteiger partial charge is 0.495 e. The molecule has 0 heterocycles. The van der Waals surface area contributed by atoms with Crippen LogP contribution >= 0.6 is 0 Å². The third-order valence-electron chi connectivity index (χ3n) is 2.47. The summed E-state index contributed by atoms with van der Waals surface area (Å²) in [5, 5.41) is 17.4. The van der Waals surface area contributed by atoms with E-state index in [1.165, 1.54) is 19.2 Å². The van der Waals surface area contributed by atoms with Crippen LogP contribution in [0.25, 0.3) is 0 Å². The Morgan fingerprint density at radius 1 is 1.33 bits per heavy atom. The highest BCUT2D eigenvalue weighted by molar-refractivity contribution is 7.89. The number of aromatic carboxylic acids is 1. The molecule has 118 valence electrons. The molecule has 0 saturated carbocycles. The van der Waals surface area contributed by atoms with Crippen molar-refractivity contribution >= 4 is 16.0 Å². The summed E-state index contributed by atoms with van der Waals surface area (Å²) in [6, 6.07) is 3.56. The zero-order valence-corrected chi connectivity index (χ0v) is 12.2. The minimum atomic E-state index is -3.93. The first-order valence-electron chi connectivity index (χ1n) is 6.02. The molecule has 0 bridgehead atoms. The van der Waals surface area contributed by atoms with Crippen LogP contribution < -0.4 is 9.46 Å². The van der Waals surface area contributed by atoms with Crippen LogP contribution in [0, 0.1) is 0 Å². The Morgan fingerprint density at radius 2 is 2.05 bits per heavy atom. The van der Waals surface area contributed by atoms with Gasteiger partial charge in [-0.3, -0.25) is 0 Å². The lowest BCUT2D eigenvalue weighted by molar-refractivity contribution is 0.0696. The maximum Gasteiger partial charge on any atom is 0.335 e. The number of carboxylic acid groups (broad SMARTS) is 1. The monoisotopic (exact) mass is 319 g/mol. The number of carbonyl (C=O) groups is 1. The molecule has 9 heteroatoms. The SMILES string of the molecule is COc1ccc(C(=O)O)cc1S(=O)(=O)NCCOCCO. The number of hydrogen-bond donors (Lipinski definition) is 3. The van der Waals surface area contributed by atoms with E-state index in [-0.39, 0.29) is 42.6 Å². The number of sulfonamides is 1. The molecule has 0 aromatic heterocycles. The first kappa shape index (κ1) is 17.4. The van der Waals surface area contributed by atoms with Crippen LogP contribution in [-0.2, 0) is 14.8 Å². The van der Waals surface area contributed by atoms with Gasteiger partial charge >= 0.3 is 5.97 Å². The number of aliphatic hydroxyl groups excluding tert-OH is 1. The molecule has 3 N–H and O–H groups in total. The van der Waals surface area contributed by atoms with Gasteiger partial charge in [-0.25, -0.2) is 17.9 Å². The second kappa shape index (κ2) is 7.93. The van der Waals surface area contributed by atoms with Crippen LogP contribution in [0.5, 0.6) is 5.75 Å². The van der Waals surface area contributed by atoms with Gasteiger partial charge in [-0.1, -0.05) is 0 Å². The van der Waals surface area contributed by atoms with E-state index < -0.39 is 16.0 Å². The van der Waals surface area contributed by atoms with E-state index in [1.807, 2.05) is 0 Å². The van der Waals surface area contributed by atoms with Gasteiger partial charge in [0.1, 0.15) is 10.6 Å². The van der Waals surface area contributed by atoms with E-state index in [0.29, 0.717) is 0 Å². The average Bonchev–Trinajstić information content (AvgIpc) is 2.46. The zero-order valence-electron chi connectivity index (χ0n) is 11.4. The van der Waals surface area contributed by atoms with Crippen molar-refractivity contribution in [3.05, 3.63) is 23.8 Å². The van der Waals surface area contributed by atoms with Gasteiger partial charge in [-0.15, -0.1) is 0 Å². The topological polar surface area (TPSA) is 122 Å². The highest BCUT2D eigenvalue weighted by atomic mass is 32.2. The second-order valence-corrected chi connectivity index (χ2v) is 5.64. The van der Waals surface area contributed by atoms with Crippen molar-refractivity contribution in [2.45, 2.75) is 4.90 Å². The van der Waals surface area contributed by atoms with Gasteiger partial charge in [0, 0.05) is 6.54 Å². The highest BCUT2D eigenvalue weighted by Crippen LogP contribution is 2.24. The normalized spacial score (nSPS) is 11.3. The molecule has 1 aromatic carbocycles. The molecule has 0 atom stereocenters. The Bertz CT molecular complexity index is 585. The van der Waals surface area contributed by atoms with Crippen LogP contribution in [-0.4, -0.2) is 58.1 Å². The molecule has 21 heavy (non-hydrogen) atoms.